The Balaban J connectivity index is 0.000000102. The van der Waals surface area contributed by atoms with E-state index in [0.717, 1.165) is 133 Å². The SMILES string of the molecule is C1=CCC(C2=Nc3ccccc3C2)=C1.C1=CN=C(c2ccccc2)C1.c1ccc(-c2cc(-c3ccc(-c4cc(-c5ccccc5)c5ccccc5n4)cc3)nc3ccccc23)cc1.c1ccc(-c2ccnc3ccccc23)cc1.c1ccc(-c2nc3ccccc3nc2-c2ccccc2)cc1.c1ccc2c(c1)CC(c1ccc3ccccc3c1)=N2.c1ccc2c(c1)CC(c1cccc3ccccc13)=N2.c1ncncn1. The maximum absolute atomic E-state index is 5.01. The molecule has 690 valence electrons. The number of para-hydroxylation sites is 8. The van der Waals surface area contributed by atoms with E-state index in [0.29, 0.717) is 0 Å². The molecular formula is C133H98N12. The van der Waals surface area contributed by atoms with Crippen LogP contribution in [0.4, 0.5) is 17.1 Å². The molecule has 5 aliphatic rings. The third kappa shape index (κ3) is 22.3. The van der Waals surface area contributed by atoms with Crippen LogP contribution in [0.1, 0.15) is 46.2 Å². The topological polar surface area (TPSA) is 153 Å². The van der Waals surface area contributed by atoms with Crippen LogP contribution >= 0.6 is 0 Å². The molecule has 0 atom stereocenters. The summed E-state index contributed by atoms with van der Waals surface area (Å²) in [5.41, 5.74) is 37.5. The van der Waals surface area contributed by atoms with Gasteiger partial charge in [0.05, 0.1) is 84.6 Å². The van der Waals surface area contributed by atoms with Crippen LogP contribution in [0.5, 0.6) is 0 Å². The first-order valence-corrected chi connectivity index (χ1v) is 48.8. The highest BCUT2D eigenvalue weighted by Gasteiger charge is 2.22. The summed E-state index contributed by atoms with van der Waals surface area (Å²) in [6, 6.07) is 165. The number of nitrogens with zero attached hydrogens (tertiary/aromatic N) is 12. The van der Waals surface area contributed by atoms with E-state index in [1.54, 1.807) is 0 Å². The highest BCUT2D eigenvalue weighted by atomic mass is 14.9. The normalized spacial score (nSPS) is 12.4. The summed E-state index contributed by atoms with van der Waals surface area (Å²) >= 11 is 0. The summed E-state index contributed by atoms with van der Waals surface area (Å²) in [6.45, 7) is 0. The average Bonchev–Trinajstić information content (AvgIpc) is 1.74. The van der Waals surface area contributed by atoms with Gasteiger partial charge in [0.1, 0.15) is 19.0 Å². The molecule has 1 aliphatic carbocycles. The lowest BCUT2D eigenvalue weighted by atomic mass is 9.96. The molecule has 18 aromatic carbocycles. The second kappa shape index (κ2) is 45.3. The Morgan fingerprint density at radius 3 is 1.08 bits per heavy atom. The lowest BCUT2D eigenvalue weighted by molar-refractivity contribution is 1.05. The van der Waals surface area contributed by atoms with Crippen LogP contribution in [0.2, 0.25) is 0 Å². The van der Waals surface area contributed by atoms with Crippen molar-refractivity contribution in [2.75, 3.05) is 0 Å². The first-order chi connectivity index (χ1) is 71.9. The summed E-state index contributed by atoms with van der Waals surface area (Å²) in [7, 11) is 0. The maximum atomic E-state index is 5.01. The van der Waals surface area contributed by atoms with Crippen molar-refractivity contribution in [2.24, 2.45) is 20.0 Å². The molecule has 0 spiro atoms. The van der Waals surface area contributed by atoms with Gasteiger partial charge in [-0.05, 0) is 168 Å². The fourth-order valence-corrected chi connectivity index (χ4v) is 18.5. The molecule has 23 aromatic rings. The Hall–Kier alpha value is -19.0. The number of aromatic nitrogens is 8. The van der Waals surface area contributed by atoms with Crippen molar-refractivity contribution in [3.63, 3.8) is 0 Å². The smallest absolute Gasteiger partial charge is 0.119 e. The van der Waals surface area contributed by atoms with E-state index in [4.69, 9.17) is 29.9 Å². The summed E-state index contributed by atoms with van der Waals surface area (Å²) in [5.74, 6) is 0. The molecule has 0 amide bonds. The number of allylic oxidation sites excluding steroid dienone is 5. The van der Waals surface area contributed by atoms with Gasteiger partial charge >= 0.3 is 0 Å². The number of hydrogen-bond acceptors (Lipinski definition) is 12. The third-order valence-corrected chi connectivity index (χ3v) is 25.8. The number of hydrogen-bond donors (Lipinski definition) is 0. The Morgan fingerprint density at radius 2 is 0.600 bits per heavy atom. The van der Waals surface area contributed by atoms with Gasteiger partial charge in [0.25, 0.3) is 0 Å². The molecule has 12 heteroatoms. The van der Waals surface area contributed by atoms with E-state index in [1.807, 2.05) is 140 Å². The van der Waals surface area contributed by atoms with E-state index in [-0.39, 0.29) is 0 Å². The molecule has 4 aliphatic heterocycles. The van der Waals surface area contributed by atoms with Crippen molar-refractivity contribution in [1.82, 2.24) is 39.9 Å². The molecule has 0 bridgehead atoms. The third-order valence-electron chi connectivity index (χ3n) is 25.8. The van der Waals surface area contributed by atoms with Crippen LogP contribution < -0.4 is 0 Å². The van der Waals surface area contributed by atoms with E-state index in [9.17, 15) is 0 Å². The van der Waals surface area contributed by atoms with Gasteiger partial charge in [0, 0.05) is 87.8 Å². The predicted molar refractivity (Wildman–Crippen MR) is 603 cm³/mol. The van der Waals surface area contributed by atoms with E-state index in [2.05, 4.69) is 406 Å². The predicted octanol–water partition coefficient (Wildman–Crippen LogP) is 32.8. The van der Waals surface area contributed by atoms with Crippen molar-refractivity contribution >= 4 is 105 Å². The summed E-state index contributed by atoms with van der Waals surface area (Å²) in [5, 5.41) is 8.65. The molecule has 12 nitrogen and oxygen atoms in total. The molecule has 0 saturated carbocycles. The van der Waals surface area contributed by atoms with Crippen molar-refractivity contribution in [3.8, 4) is 78.4 Å². The molecule has 0 unspecified atom stereocenters. The van der Waals surface area contributed by atoms with Crippen molar-refractivity contribution < 1.29 is 0 Å². The molecule has 0 saturated heterocycles. The lowest BCUT2D eigenvalue weighted by Crippen LogP contribution is -2.01. The van der Waals surface area contributed by atoms with Crippen LogP contribution in [0, 0.1) is 0 Å². The molecule has 0 N–H and O–H groups in total. The largest absolute Gasteiger partial charge is 0.261 e. The zero-order valence-electron chi connectivity index (χ0n) is 79.7. The van der Waals surface area contributed by atoms with Crippen LogP contribution in [0.3, 0.4) is 0 Å². The highest BCUT2D eigenvalue weighted by Crippen LogP contribution is 2.40. The van der Waals surface area contributed by atoms with E-state index < -0.39 is 0 Å². The molecule has 5 aromatic heterocycles. The Bertz CT molecular complexity index is 8470. The van der Waals surface area contributed by atoms with Crippen LogP contribution in [0.15, 0.2) is 560 Å². The highest BCUT2D eigenvalue weighted by molar-refractivity contribution is 6.15. The van der Waals surface area contributed by atoms with Crippen molar-refractivity contribution in [3.05, 3.63) is 574 Å². The minimum Gasteiger partial charge on any atom is -0.261 e. The summed E-state index contributed by atoms with van der Waals surface area (Å²) < 4.78 is 0. The minimum atomic E-state index is 0.918. The van der Waals surface area contributed by atoms with Gasteiger partial charge in [-0.3, -0.25) is 25.0 Å². The second-order valence-electron chi connectivity index (χ2n) is 35.2. The first-order valence-electron chi connectivity index (χ1n) is 48.8. The molecule has 145 heavy (non-hydrogen) atoms. The molecule has 9 heterocycles. The standard InChI is InChI=1S/C36H24N2.C20H14N2.2C18H13N.C15H11N.C13H11N.C10H9N.C3H3N3/c1-3-11-25(12-4-1)31-23-35(37-33-17-9-7-15-29(31)33)27-19-21-28(22-20-27)36-24-32(26-13-5-2-6-14-26)30-16-8-10-18-34(30)38-36;1-3-9-15(10-4-1)19-20(16-11-5-2-6-12-16)22-18-14-8-7-13-17(18)21-19;1-3-9-15-13(6-1)8-5-10-16(15)18-12-14-7-2-4-11-17(14)19-18;1-2-6-14-11-16(10-9-13(14)5-1)18-12-15-7-3-4-8-17(15)19-18;1-2-6-12(7-3-1)13-10-11-16-15-9-5-4-8-14(13)15;1-2-6-10(5-1)13-9-11-7-3-4-8-12(11)14-13;1-2-5-9(6-3-1)10-7-4-8-11-10;1-4-2-6-3-5-1/h1-24H;1-14H;2*1-11H,12H2;1-11H;1-5,7-8H,6,9H2;1-6,8H,7H2;1-3H. The van der Waals surface area contributed by atoms with Gasteiger partial charge in [0.2, 0.25) is 0 Å². The maximum Gasteiger partial charge on any atom is 0.119 e. The molecular weight excluding hydrogens is 1770 g/mol. The van der Waals surface area contributed by atoms with Gasteiger partial charge in [-0.1, -0.05) is 431 Å². The average molecular weight is 1860 g/mol. The van der Waals surface area contributed by atoms with Crippen molar-refractivity contribution in [1.29, 1.82) is 0 Å². The summed E-state index contributed by atoms with van der Waals surface area (Å²) in [6.07, 6.45) is 21.5. The number of pyridine rings is 3. The number of rotatable bonds is 11. The zero-order chi connectivity index (χ0) is 97.3. The molecule has 0 radical (unpaired) electrons. The van der Waals surface area contributed by atoms with Crippen molar-refractivity contribution in [2.45, 2.75) is 32.1 Å². The lowest BCUT2D eigenvalue weighted by Gasteiger charge is -2.12. The van der Waals surface area contributed by atoms with Gasteiger partial charge in [-0.25, -0.2) is 34.9 Å². The number of fused-ring (bicyclic) bond motifs is 9. The monoisotopic (exact) mass is 1860 g/mol. The van der Waals surface area contributed by atoms with Crippen LogP contribution in [0.25, 0.3) is 144 Å². The Kier molecular flexibility index (Phi) is 28.8. The fraction of sp³-hybridized carbons (Fsp3) is 0.0376. The van der Waals surface area contributed by atoms with E-state index in [1.165, 1.54) is 141 Å². The Labute approximate surface area is 843 Å². The van der Waals surface area contributed by atoms with Crippen LogP contribution in [-0.4, -0.2) is 62.7 Å². The molecule has 28 rings (SSSR count). The van der Waals surface area contributed by atoms with Gasteiger partial charge in [-0.15, -0.1) is 0 Å². The van der Waals surface area contributed by atoms with Crippen LogP contribution in [-0.2, 0) is 19.3 Å². The van der Waals surface area contributed by atoms with Gasteiger partial charge < -0.3 is 0 Å². The number of benzene rings is 18. The second-order valence-corrected chi connectivity index (χ2v) is 35.2. The van der Waals surface area contributed by atoms with Gasteiger partial charge in [0.15, 0.2) is 0 Å². The fourth-order valence-electron chi connectivity index (χ4n) is 18.5. The van der Waals surface area contributed by atoms with Gasteiger partial charge in [-0.2, -0.15) is 0 Å². The number of aliphatic imine (C=N–C) groups is 4. The minimum absolute atomic E-state index is 0.918. The zero-order valence-corrected chi connectivity index (χ0v) is 79.7. The Morgan fingerprint density at radius 1 is 0.214 bits per heavy atom. The first kappa shape index (κ1) is 92.3. The summed E-state index contributed by atoms with van der Waals surface area (Å²) in [4.78, 5) is 53.2. The quantitative estimate of drug-likeness (QED) is 0.124. The molecule has 0 fully saturated rings. The van der Waals surface area contributed by atoms with E-state index >= 15 is 0 Å².